The molecule has 0 radical (unpaired) electrons. The fraction of sp³-hybridized carbons (Fsp3) is 0.333. The van der Waals surface area contributed by atoms with Crippen LogP contribution in [0, 0.1) is 11.8 Å². The average Bonchev–Trinajstić information content (AvgIpc) is 3.05. The van der Waals surface area contributed by atoms with Crippen LogP contribution in [-0.2, 0) is 19.5 Å². The molecule has 98 valence electrons. The maximum absolute atomic E-state index is 5.44. The van der Waals surface area contributed by atoms with Gasteiger partial charge in [-0.2, -0.15) is 0 Å². The van der Waals surface area contributed by atoms with Gasteiger partial charge in [-0.25, -0.2) is 0 Å². The second kappa shape index (κ2) is 5.89. The predicted octanol–water partition coefficient (Wildman–Crippen LogP) is 2.68. The van der Waals surface area contributed by atoms with Crippen molar-refractivity contribution in [3.8, 4) is 11.8 Å². The van der Waals surface area contributed by atoms with Crippen LogP contribution in [-0.4, -0.2) is 18.0 Å². The van der Waals surface area contributed by atoms with Crippen LogP contribution in [0.15, 0.2) is 22.9 Å². The Morgan fingerprint density at radius 2 is 2.16 bits per heavy atom. The van der Waals surface area contributed by atoms with Crippen molar-refractivity contribution < 1.29 is 0 Å². The van der Waals surface area contributed by atoms with E-state index in [1.54, 1.807) is 16.2 Å². The SMILES string of the molecule is NCC#Cc1ccsc1CN1CCc2sccc2C1. The molecule has 0 aromatic carbocycles. The van der Waals surface area contributed by atoms with Crippen molar-refractivity contribution in [2.45, 2.75) is 19.5 Å². The molecule has 2 nitrogen and oxygen atoms in total. The Hall–Kier alpha value is -1.12. The van der Waals surface area contributed by atoms with Gasteiger partial charge >= 0.3 is 0 Å². The van der Waals surface area contributed by atoms with Gasteiger partial charge in [0.15, 0.2) is 0 Å². The van der Waals surface area contributed by atoms with E-state index in [4.69, 9.17) is 5.73 Å². The summed E-state index contributed by atoms with van der Waals surface area (Å²) in [4.78, 5) is 5.43. The molecule has 2 aromatic rings. The Morgan fingerprint density at radius 1 is 1.26 bits per heavy atom. The summed E-state index contributed by atoms with van der Waals surface area (Å²) in [5.74, 6) is 6.11. The molecule has 19 heavy (non-hydrogen) atoms. The lowest BCUT2D eigenvalue weighted by Gasteiger charge is -2.26. The first-order chi connectivity index (χ1) is 9.36. The zero-order chi connectivity index (χ0) is 13.1. The van der Waals surface area contributed by atoms with Gasteiger partial charge in [0.25, 0.3) is 0 Å². The minimum absolute atomic E-state index is 0.428. The molecular weight excluding hydrogens is 272 g/mol. The van der Waals surface area contributed by atoms with Crippen molar-refractivity contribution in [2.24, 2.45) is 5.73 Å². The monoisotopic (exact) mass is 288 g/mol. The molecule has 0 atom stereocenters. The second-order valence-corrected chi connectivity index (χ2v) is 6.59. The summed E-state index contributed by atoms with van der Waals surface area (Å²) >= 11 is 3.68. The van der Waals surface area contributed by atoms with E-state index in [9.17, 15) is 0 Å². The molecule has 4 heteroatoms. The fourth-order valence-electron chi connectivity index (χ4n) is 2.37. The third kappa shape index (κ3) is 2.90. The van der Waals surface area contributed by atoms with Crippen LogP contribution < -0.4 is 5.73 Å². The van der Waals surface area contributed by atoms with Crippen LogP contribution in [0.5, 0.6) is 0 Å². The molecule has 0 bridgehead atoms. The Morgan fingerprint density at radius 3 is 3.05 bits per heavy atom. The lowest BCUT2D eigenvalue weighted by molar-refractivity contribution is 0.249. The topological polar surface area (TPSA) is 29.3 Å². The van der Waals surface area contributed by atoms with E-state index in [1.165, 1.54) is 16.9 Å². The quantitative estimate of drug-likeness (QED) is 0.861. The highest BCUT2D eigenvalue weighted by atomic mass is 32.1. The third-order valence-corrected chi connectivity index (χ3v) is 5.25. The molecule has 2 N–H and O–H groups in total. The van der Waals surface area contributed by atoms with Gasteiger partial charge in [0.2, 0.25) is 0 Å². The van der Waals surface area contributed by atoms with Crippen LogP contribution in [0.25, 0.3) is 0 Å². The Kier molecular flexibility index (Phi) is 4.00. The number of hydrogen-bond acceptors (Lipinski definition) is 4. The van der Waals surface area contributed by atoms with E-state index < -0.39 is 0 Å². The van der Waals surface area contributed by atoms with Gasteiger partial charge in [-0.1, -0.05) is 11.8 Å². The van der Waals surface area contributed by atoms with Crippen molar-refractivity contribution in [1.29, 1.82) is 0 Å². The van der Waals surface area contributed by atoms with E-state index in [2.05, 4.69) is 39.6 Å². The molecule has 1 aliphatic rings. The highest BCUT2D eigenvalue weighted by molar-refractivity contribution is 7.10. The largest absolute Gasteiger partial charge is 0.320 e. The number of thiophene rings is 2. The van der Waals surface area contributed by atoms with Crippen molar-refractivity contribution in [2.75, 3.05) is 13.1 Å². The van der Waals surface area contributed by atoms with Crippen molar-refractivity contribution >= 4 is 22.7 Å². The van der Waals surface area contributed by atoms with Crippen molar-refractivity contribution in [1.82, 2.24) is 4.90 Å². The number of nitrogens with two attached hydrogens (primary N) is 1. The van der Waals surface area contributed by atoms with Gasteiger partial charge in [0.05, 0.1) is 6.54 Å². The number of nitrogens with zero attached hydrogens (tertiary/aromatic N) is 1. The molecule has 0 aliphatic carbocycles. The van der Waals surface area contributed by atoms with Crippen LogP contribution >= 0.6 is 22.7 Å². The maximum atomic E-state index is 5.44. The Bertz CT molecular complexity index is 615. The summed E-state index contributed by atoms with van der Waals surface area (Å²) < 4.78 is 0. The van der Waals surface area contributed by atoms with Gasteiger partial charge in [0, 0.05) is 35.0 Å². The van der Waals surface area contributed by atoms with Crippen molar-refractivity contribution in [3.05, 3.63) is 43.8 Å². The molecule has 3 rings (SSSR count). The molecule has 2 aromatic heterocycles. The first kappa shape index (κ1) is 12.9. The van der Waals surface area contributed by atoms with E-state index in [-0.39, 0.29) is 0 Å². The van der Waals surface area contributed by atoms with Crippen LogP contribution in [0.2, 0.25) is 0 Å². The van der Waals surface area contributed by atoms with Gasteiger partial charge < -0.3 is 5.73 Å². The normalized spacial score (nSPS) is 14.8. The first-order valence-corrected chi connectivity index (χ1v) is 8.15. The number of hydrogen-bond donors (Lipinski definition) is 1. The molecule has 0 saturated carbocycles. The first-order valence-electron chi connectivity index (χ1n) is 6.39. The summed E-state index contributed by atoms with van der Waals surface area (Å²) in [5.41, 5.74) is 8.09. The van der Waals surface area contributed by atoms with E-state index in [0.29, 0.717) is 6.54 Å². The van der Waals surface area contributed by atoms with Gasteiger partial charge in [-0.05, 0) is 34.9 Å². The number of fused-ring (bicyclic) bond motifs is 1. The van der Waals surface area contributed by atoms with Crippen LogP contribution in [0.3, 0.4) is 0 Å². The zero-order valence-electron chi connectivity index (χ0n) is 10.7. The van der Waals surface area contributed by atoms with E-state index in [1.807, 2.05) is 11.3 Å². The fourth-order valence-corrected chi connectivity index (χ4v) is 4.13. The molecule has 0 fully saturated rings. The second-order valence-electron chi connectivity index (χ2n) is 4.59. The standard InChI is InChI=1S/C15H16N2S2/c16-6-1-2-12-4-8-19-15(12)11-17-7-3-14-13(10-17)5-9-18-14/h4-5,8-9H,3,6-7,10-11,16H2. The Balaban J connectivity index is 1.71. The van der Waals surface area contributed by atoms with Crippen LogP contribution in [0.4, 0.5) is 0 Å². The number of rotatable bonds is 2. The predicted molar refractivity (Wildman–Crippen MR) is 82.4 cm³/mol. The minimum atomic E-state index is 0.428. The summed E-state index contributed by atoms with van der Waals surface area (Å²) in [5, 5.41) is 4.33. The smallest absolute Gasteiger partial charge is 0.0555 e. The molecule has 3 heterocycles. The summed E-state index contributed by atoms with van der Waals surface area (Å²) in [7, 11) is 0. The lowest BCUT2D eigenvalue weighted by atomic mass is 10.1. The summed E-state index contributed by atoms with van der Waals surface area (Å²) in [6, 6.07) is 4.36. The molecule has 0 saturated heterocycles. The van der Waals surface area contributed by atoms with Crippen molar-refractivity contribution in [3.63, 3.8) is 0 Å². The molecular formula is C15H16N2S2. The molecule has 0 spiro atoms. The minimum Gasteiger partial charge on any atom is -0.320 e. The van der Waals surface area contributed by atoms with Gasteiger partial charge in [-0.3, -0.25) is 4.90 Å². The summed E-state index contributed by atoms with van der Waals surface area (Å²) in [6.07, 6.45) is 1.18. The molecule has 1 aliphatic heterocycles. The maximum Gasteiger partial charge on any atom is 0.0555 e. The van der Waals surface area contributed by atoms with E-state index >= 15 is 0 Å². The van der Waals surface area contributed by atoms with E-state index in [0.717, 1.165) is 25.2 Å². The summed E-state index contributed by atoms with van der Waals surface area (Å²) in [6.45, 7) is 3.65. The molecule has 0 unspecified atom stereocenters. The highest BCUT2D eigenvalue weighted by Gasteiger charge is 2.18. The molecule has 0 amide bonds. The van der Waals surface area contributed by atoms with Gasteiger partial charge in [-0.15, -0.1) is 22.7 Å². The zero-order valence-corrected chi connectivity index (χ0v) is 12.3. The lowest BCUT2D eigenvalue weighted by Crippen LogP contribution is -2.29. The average molecular weight is 288 g/mol. The van der Waals surface area contributed by atoms with Gasteiger partial charge in [0.1, 0.15) is 0 Å². The Labute approximate surface area is 121 Å². The third-order valence-electron chi connectivity index (χ3n) is 3.32. The highest BCUT2D eigenvalue weighted by Crippen LogP contribution is 2.26. The van der Waals surface area contributed by atoms with Crippen LogP contribution in [0.1, 0.15) is 20.9 Å².